The summed E-state index contributed by atoms with van der Waals surface area (Å²) in [5.41, 5.74) is 0.309. The van der Waals surface area contributed by atoms with E-state index in [-0.39, 0.29) is 40.1 Å². The molecule has 28 heavy (non-hydrogen) atoms. The number of hydrogen-bond donors (Lipinski definition) is 4. The molecule has 0 aromatic heterocycles. The number of piperidine rings is 2. The third-order valence-corrected chi connectivity index (χ3v) is 5.76. The number of rotatable bonds is 5. The molecular weight excluding hydrogens is 348 g/mol. The van der Waals surface area contributed by atoms with Crippen LogP contribution >= 0.6 is 0 Å². The van der Waals surface area contributed by atoms with Gasteiger partial charge in [0, 0.05) is 46.4 Å². The largest absolute Gasteiger partial charge is 0.350 e. The highest BCUT2D eigenvalue weighted by atomic mass is 16.1. The predicted molar refractivity (Wildman–Crippen MR) is 119 cm³/mol. The van der Waals surface area contributed by atoms with E-state index in [1.54, 1.807) is 6.08 Å². The molecule has 162 valence electrons. The molecule has 0 aromatic carbocycles. The van der Waals surface area contributed by atoms with Crippen LogP contribution in [0.1, 0.15) is 88.0 Å². The van der Waals surface area contributed by atoms with Gasteiger partial charge in [0.25, 0.3) is 0 Å². The van der Waals surface area contributed by atoms with Gasteiger partial charge in [-0.25, -0.2) is 0 Å². The van der Waals surface area contributed by atoms with Crippen LogP contribution in [0.15, 0.2) is 12.2 Å². The van der Waals surface area contributed by atoms with Gasteiger partial charge >= 0.3 is 0 Å². The summed E-state index contributed by atoms with van der Waals surface area (Å²) in [4.78, 5) is 12.5. The second kappa shape index (κ2) is 8.08. The van der Waals surface area contributed by atoms with Crippen LogP contribution in [0.4, 0.5) is 0 Å². The number of nitrogens with one attached hydrogen (secondary N) is 4. The number of amides is 1. The minimum absolute atomic E-state index is 0.0121. The fourth-order valence-electron chi connectivity index (χ4n) is 5.77. The molecule has 2 rings (SSSR count). The molecule has 4 N–H and O–H groups in total. The monoisotopic (exact) mass is 392 g/mol. The maximum atomic E-state index is 12.5. The fourth-order valence-corrected chi connectivity index (χ4v) is 5.77. The van der Waals surface area contributed by atoms with Crippen LogP contribution < -0.4 is 21.3 Å². The zero-order chi connectivity index (χ0) is 21.4. The molecule has 1 atom stereocenters. The first-order valence-electron chi connectivity index (χ1n) is 10.9. The van der Waals surface area contributed by atoms with Crippen LogP contribution in [0.25, 0.3) is 0 Å². The van der Waals surface area contributed by atoms with Crippen molar-refractivity contribution in [2.45, 2.75) is 128 Å². The van der Waals surface area contributed by atoms with Crippen molar-refractivity contribution in [3.63, 3.8) is 0 Å². The van der Waals surface area contributed by atoms with E-state index in [1.807, 2.05) is 6.08 Å². The van der Waals surface area contributed by atoms with Crippen molar-refractivity contribution in [2.24, 2.45) is 0 Å². The zero-order valence-electron chi connectivity index (χ0n) is 19.6. The highest BCUT2D eigenvalue weighted by Crippen LogP contribution is 2.29. The van der Waals surface area contributed by atoms with Gasteiger partial charge in [0.2, 0.25) is 5.91 Å². The molecule has 2 aliphatic rings. The van der Waals surface area contributed by atoms with E-state index in [0.717, 1.165) is 25.7 Å². The molecule has 2 saturated heterocycles. The van der Waals surface area contributed by atoms with Crippen LogP contribution in [0, 0.1) is 0 Å². The number of carbonyl (C=O) groups excluding carboxylic acids is 1. The molecule has 0 aliphatic carbocycles. The molecule has 2 fully saturated rings. The Morgan fingerprint density at radius 3 is 1.64 bits per heavy atom. The summed E-state index contributed by atoms with van der Waals surface area (Å²) < 4.78 is 0. The molecule has 0 saturated carbocycles. The Morgan fingerprint density at radius 1 is 0.821 bits per heavy atom. The van der Waals surface area contributed by atoms with Gasteiger partial charge in [-0.15, -0.1) is 0 Å². The molecule has 1 amide bonds. The van der Waals surface area contributed by atoms with Crippen LogP contribution in [0.2, 0.25) is 0 Å². The topological polar surface area (TPSA) is 65.2 Å². The Labute approximate surface area is 172 Å². The van der Waals surface area contributed by atoms with E-state index in [4.69, 9.17) is 0 Å². The minimum Gasteiger partial charge on any atom is -0.350 e. The quantitative estimate of drug-likeness (QED) is 0.542. The van der Waals surface area contributed by atoms with Gasteiger partial charge in [0.05, 0.1) is 0 Å². The van der Waals surface area contributed by atoms with Gasteiger partial charge in [-0.2, -0.15) is 0 Å². The van der Waals surface area contributed by atoms with Crippen molar-refractivity contribution in [1.29, 1.82) is 0 Å². The van der Waals surface area contributed by atoms with Gasteiger partial charge in [0.1, 0.15) is 0 Å². The Bertz CT molecular complexity index is 559. The van der Waals surface area contributed by atoms with Crippen LogP contribution in [0.3, 0.4) is 0 Å². The second-order valence-electron chi connectivity index (χ2n) is 11.8. The smallest absolute Gasteiger partial charge is 0.243 e. The van der Waals surface area contributed by atoms with Crippen molar-refractivity contribution in [3.05, 3.63) is 12.2 Å². The maximum Gasteiger partial charge on any atom is 0.243 e. The molecular formula is C23H44N4O. The lowest BCUT2D eigenvalue weighted by Crippen LogP contribution is -2.62. The Morgan fingerprint density at radius 2 is 1.21 bits per heavy atom. The van der Waals surface area contributed by atoms with Crippen molar-refractivity contribution >= 4 is 5.91 Å². The molecule has 0 unspecified atom stereocenters. The van der Waals surface area contributed by atoms with Gasteiger partial charge in [-0.05, 0) is 88.0 Å². The summed E-state index contributed by atoms with van der Waals surface area (Å²) in [6.45, 7) is 20.0. The number of carbonyl (C=O) groups is 1. The van der Waals surface area contributed by atoms with Crippen molar-refractivity contribution in [1.82, 2.24) is 21.3 Å². The summed E-state index contributed by atoms with van der Waals surface area (Å²) in [6, 6.07) is 0.819. The summed E-state index contributed by atoms with van der Waals surface area (Å²) in [6.07, 6.45) is 7.76. The third kappa shape index (κ3) is 7.49. The van der Waals surface area contributed by atoms with E-state index < -0.39 is 0 Å². The van der Waals surface area contributed by atoms with Crippen molar-refractivity contribution in [3.8, 4) is 0 Å². The fraction of sp³-hybridized carbons (Fsp3) is 0.870. The maximum absolute atomic E-state index is 12.5. The van der Waals surface area contributed by atoms with E-state index in [2.05, 4.69) is 83.6 Å². The Hall–Kier alpha value is -0.910. The lowest BCUT2D eigenvalue weighted by atomic mass is 9.79. The van der Waals surface area contributed by atoms with Gasteiger partial charge in [-0.1, -0.05) is 6.08 Å². The minimum atomic E-state index is 0.0121. The Kier molecular flexibility index (Phi) is 6.74. The van der Waals surface area contributed by atoms with Gasteiger partial charge in [0.15, 0.2) is 0 Å². The van der Waals surface area contributed by atoms with E-state index in [9.17, 15) is 4.79 Å². The average molecular weight is 393 g/mol. The van der Waals surface area contributed by atoms with E-state index in [0.29, 0.717) is 6.04 Å². The molecule has 0 spiro atoms. The predicted octanol–water partition coefficient (Wildman–Crippen LogP) is 3.26. The van der Waals surface area contributed by atoms with Crippen molar-refractivity contribution < 1.29 is 4.79 Å². The zero-order valence-corrected chi connectivity index (χ0v) is 19.6. The summed E-state index contributed by atoms with van der Waals surface area (Å²) in [5.74, 6) is 0.0121. The highest BCUT2D eigenvalue weighted by molar-refractivity contribution is 5.87. The summed E-state index contributed by atoms with van der Waals surface area (Å²) in [7, 11) is 0. The average Bonchev–Trinajstić information content (AvgIpc) is 2.37. The molecule has 2 aliphatic heterocycles. The Balaban J connectivity index is 1.86. The SMILES string of the molecule is C[C@@H](/C=C\C(=O)NC1CC(C)(C)NC(C)(C)C1)NC1CC(C)(C)NC(C)(C)C1. The molecule has 0 aromatic rings. The van der Waals surface area contributed by atoms with Crippen LogP contribution in [-0.4, -0.2) is 46.2 Å². The summed E-state index contributed by atoms with van der Waals surface area (Å²) >= 11 is 0. The van der Waals surface area contributed by atoms with Gasteiger partial charge in [-0.3, -0.25) is 4.79 Å². The second-order valence-corrected chi connectivity index (χ2v) is 11.8. The normalized spacial score (nSPS) is 28.2. The first kappa shape index (κ1) is 23.4. The molecule has 0 bridgehead atoms. The van der Waals surface area contributed by atoms with Crippen LogP contribution in [-0.2, 0) is 4.79 Å². The van der Waals surface area contributed by atoms with Crippen molar-refractivity contribution in [2.75, 3.05) is 0 Å². The highest BCUT2D eigenvalue weighted by Gasteiger charge is 2.39. The van der Waals surface area contributed by atoms with E-state index >= 15 is 0 Å². The molecule has 0 radical (unpaired) electrons. The first-order chi connectivity index (χ1) is 12.6. The number of hydrogen-bond acceptors (Lipinski definition) is 4. The van der Waals surface area contributed by atoms with Crippen LogP contribution in [0.5, 0.6) is 0 Å². The summed E-state index contributed by atoms with van der Waals surface area (Å²) in [5, 5.41) is 14.3. The molecule has 5 heteroatoms. The standard InChI is InChI=1S/C23H44N4O/c1-16(24-17-12-20(2,3)26-21(4,5)13-17)10-11-19(28)25-18-14-22(6,7)27-23(8,9)15-18/h10-11,16-18,24,26-27H,12-15H2,1-9H3,(H,25,28)/b11-10-/t16-/m0/s1. The first-order valence-corrected chi connectivity index (χ1v) is 10.9. The third-order valence-electron chi connectivity index (χ3n) is 5.76. The lowest BCUT2D eigenvalue weighted by molar-refractivity contribution is -0.117. The molecule has 2 heterocycles. The molecule has 5 nitrogen and oxygen atoms in total. The lowest BCUT2D eigenvalue weighted by Gasteiger charge is -2.47. The van der Waals surface area contributed by atoms with E-state index in [1.165, 1.54) is 0 Å². The van der Waals surface area contributed by atoms with Gasteiger partial charge < -0.3 is 21.3 Å².